The van der Waals surface area contributed by atoms with Gasteiger partial charge in [0.1, 0.15) is 5.69 Å². The number of amides is 1. The third-order valence-corrected chi connectivity index (χ3v) is 4.98. The molecule has 2 saturated heterocycles. The van der Waals surface area contributed by atoms with Crippen molar-refractivity contribution < 1.29 is 18.0 Å². The third-order valence-electron chi connectivity index (χ3n) is 4.98. The normalized spacial score (nSPS) is 20.4. The summed E-state index contributed by atoms with van der Waals surface area (Å²) >= 11 is 0. The Morgan fingerprint density at radius 1 is 1.04 bits per heavy atom. The van der Waals surface area contributed by atoms with Gasteiger partial charge in [-0.05, 0) is 31.7 Å². The molecule has 1 aromatic rings. The lowest BCUT2D eigenvalue weighted by atomic mass is 9.95. The van der Waals surface area contributed by atoms with Crippen molar-refractivity contribution in [3.8, 4) is 0 Å². The molecular formula is C17H23F3N4O. The SMILES string of the molecule is O=C(C1CCN(c2nccc(C(F)(F)F)n2)CC1)N1CCCCCC1. The van der Waals surface area contributed by atoms with E-state index in [1.807, 2.05) is 4.90 Å². The van der Waals surface area contributed by atoms with Crippen molar-refractivity contribution in [2.24, 2.45) is 5.92 Å². The molecule has 3 rings (SSSR count). The van der Waals surface area contributed by atoms with Crippen molar-refractivity contribution in [2.75, 3.05) is 31.1 Å². The highest BCUT2D eigenvalue weighted by molar-refractivity contribution is 5.79. The Morgan fingerprint density at radius 2 is 1.68 bits per heavy atom. The average Bonchev–Trinajstić information content (AvgIpc) is 2.90. The zero-order valence-corrected chi connectivity index (χ0v) is 14.1. The Morgan fingerprint density at radius 3 is 2.28 bits per heavy atom. The van der Waals surface area contributed by atoms with E-state index >= 15 is 0 Å². The maximum absolute atomic E-state index is 12.8. The van der Waals surface area contributed by atoms with Gasteiger partial charge in [-0.15, -0.1) is 0 Å². The Kier molecular flexibility index (Phi) is 5.44. The molecule has 1 aromatic heterocycles. The van der Waals surface area contributed by atoms with Crippen LogP contribution in [0.5, 0.6) is 0 Å². The predicted molar refractivity (Wildman–Crippen MR) is 87.0 cm³/mol. The number of hydrogen-bond acceptors (Lipinski definition) is 4. The van der Waals surface area contributed by atoms with E-state index in [-0.39, 0.29) is 17.8 Å². The molecule has 0 unspecified atom stereocenters. The molecule has 0 aromatic carbocycles. The smallest absolute Gasteiger partial charge is 0.342 e. The van der Waals surface area contributed by atoms with Crippen molar-refractivity contribution in [2.45, 2.75) is 44.7 Å². The van der Waals surface area contributed by atoms with Gasteiger partial charge in [-0.1, -0.05) is 12.8 Å². The van der Waals surface area contributed by atoms with Crippen molar-refractivity contribution in [1.82, 2.24) is 14.9 Å². The minimum absolute atomic E-state index is 0.0415. The summed E-state index contributed by atoms with van der Waals surface area (Å²) in [4.78, 5) is 24.0. The van der Waals surface area contributed by atoms with Crippen LogP contribution in [-0.4, -0.2) is 47.0 Å². The van der Waals surface area contributed by atoms with Gasteiger partial charge in [0, 0.05) is 38.3 Å². The Bertz CT molecular complexity index is 592. The largest absolute Gasteiger partial charge is 0.433 e. The molecular weight excluding hydrogens is 333 g/mol. The lowest BCUT2D eigenvalue weighted by molar-refractivity contribution is -0.141. The van der Waals surface area contributed by atoms with E-state index < -0.39 is 11.9 Å². The molecule has 8 heteroatoms. The number of carbonyl (C=O) groups is 1. The second-order valence-corrected chi connectivity index (χ2v) is 6.74. The molecule has 0 N–H and O–H groups in total. The van der Waals surface area contributed by atoms with Crippen LogP contribution in [0.15, 0.2) is 12.3 Å². The summed E-state index contributed by atoms with van der Waals surface area (Å²) in [7, 11) is 0. The van der Waals surface area contributed by atoms with Crippen LogP contribution in [0.4, 0.5) is 19.1 Å². The standard InChI is InChI=1S/C17H23F3N4O/c18-17(19,20)14-5-8-21-16(22-14)24-11-6-13(7-12-24)15(25)23-9-3-1-2-4-10-23/h5,8,13H,1-4,6-7,9-12H2. The zero-order chi connectivity index (χ0) is 17.9. The second kappa shape index (κ2) is 7.58. The molecule has 2 fully saturated rings. The first-order valence-electron chi connectivity index (χ1n) is 8.89. The summed E-state index contributed by atoms with van der Waals surface area (Å²) < 4.78 is 38.3. The Balaban J connectivity index is 1.59. The molecule has 0 saturated carbocycles. The maximum Gasteiger partial charge on any atom is 0.433 e. The van der Waals surface area contributed by atoms with Crippen LogP contribution in [-0.2, 0) is 11.0 Å². The summed E-state index contributed by atoms with van der Waals surface area (Å²) in [5, 5.41) is 0. The van der Waals surface area contributed by atoms with Crippen LogP contribution in [0.2, 0.25) is 0 Å². The summed E-state index contributed by atoms with van der Waals surface area (Å²) in [5.74, 6) is 0.252. The number of carbonyl (C=O) groups excluding carboxylic acids is 1. The topological polar surface area (TPSA) is 49.3 Å². The minimum atomic E-state index is -4.47. The Hall–Kier alpha value is -1.86. The van der Waals surface area contributed by atoms with Crippen LogP contribution in [0.3, 0.4) is 0 Å². The third kappa shape index (κ3) is 4.41. The number of piperidine rings is 1. The van der Waals surface area contributed by atoms with Crippen molar-refractivity contribution >= 4 is 11.9 Å². The maximum atomic E-state index is 12.8. The number of rotatable bonds is 2. The minimum Gasteiger partial charge on any atom is -0.342 e. The van der Waals surface area contributed by atoms with Gasteiger partial charge in [-0.3, -0.25) is 4.79 Å². The molecule has 0 aliphatic carbocycles. The van der Waals surface area contributed by atoms with E-state index in [1.165, 1.54) is 12.8 Å². The van der Waals surface area contributed by atoms with Gasteiger partial charge in [0.15, 0.2) is 0 Å². The molecule has 138 valence electrons. The highest BCUT2D eigenvalue weighted by atomic mass is 19.4. The van der Waals surface area contributed by atoms with Crippen LogP contribution in [0, 0.1) is 5.92 Å². The van der Waals surface area contributed by atoms with Crippen molar-refractivity contribution in [1.29, 1.82) is 0 Å². The van der Waals surface area contributed by atoms with Gasteiger partial charge in [-0.25, -0.2) is 9.97 Å². The highest BCUT2D eigenvalue weighted by Gasteiger charge is 2.34. The zero-order valence-electron chi connectivity index (χ0n) is 14.1. The number of alkyl halides is 3. The summed E-state index contributed by atoms with van der Waals surface area (Å²) in [6, 6.07) is 0.874. The molecule has 0 spiro atoms. The van der Waals surface area contributed by atoms with E-state index in [0.29, 0.717) is 25.9 Å². The molecule has 5 nitrogen and oxygen atoms in total. The van der Waals surface area contributed by atoms with Gasteiger partial charge in [0.25, 0.3) is 0 Å². The van der Waals surface area contributed by atoms with Crippen LogP contribution < -0.4 is 4.90 Å². The van der Waals surface area contributed by atoms with Crippen molar-refractivity contribution in [3.05, 3.63) is 18.0 Å². The van der Waals surface area contributed by atoms with Crippen molar-refractivity contribution in [3.63, 3.8) is 0 Å². The lowest BCUT2D eigenvalue weighted by Crippen LogP contribution is -2.43. The van der Waals surface area contributed by atoms with E-state index in [2.05, 4.69) is 9.97 Å². The fourth-order valence-electron chi connectivity index (χ4n) is 3.53. The monoisotopic (exact) mass is 356 g/mol. The quantitative estimate of drug-likeness (QED) is 0.817. The number of aromatic nitrogens is 2. The number of hydrogen-bond donors (Lipinski definition) is 0. The van der Waals surface area contributed by atoms with Gasteiger partial charge in [-0.2, -0.15) is 13.2 Å². The van der Waals surface area contributed by atoms with Crippen LogP contribution in [0.1, 0.15) is 44.2 Å². The van der Waals surface area contributed by atoms with Gasteiger partial charge in [0.05, 0.1) is 0 Å². The summed E-state index contributed by atoms with van der Waals surface area (Å²) in [6.07, 6.45) is 2.40. The number of nitrogens with zero attached hydrogens (tertiary/aromatic N) is 4. The second-order valence-electron chi connectivity index (χ2n) is 6.74. The fourth-order valence-corrected chi connectivity index (χ4v) is 3.53. The van der Waals surface area contributed by atoms with Crippen LogP contribution >= 0.6 is 0 Å². The van der Waals surface area contributed by atoms with E-state index in [4.69, 9.17) is 0 Å². The highest BCUT2D eigenvalue weighted by Crippen LogP contribution is 2.29. The summed E-state index contributed by atoms with van der Waals surface area (Å²) in [5.41, 5.74) is -0.930. The van der Waals surface area contributed by atoms with E-state index in [0.717, 1.165) is 38.2 Å². The average molecular weight is 356 g/mol. The van der Waals surface area contributed by atoms with Gasteiger partial charge < -0.3 is 9.80 Å². The Labute approximate surface area is 145 Å². The number of anilines is 1. The molecule has 0 bridgehead atoms. The van der Waals surface area contributed by atoms with Crippen LogP contribution in [0.25, 0.3) is 0 Å². The molecule has 25 heavy (non-hydrogen) atoms. The first-order valence-corrected chi connectivity index (χ1v) is 8.89. The first-order chi connectivity index (χ1) is 11.9. The first kappa shape index (κ1) is 17.9. The van der Waals surface area contributed by atoms with E-state index in [9.17, 15) is 18.0 Å². The lowest BCUT2D eigenvalue weighted by Gasteiger charge is -2.34. The predicted octanol–water partition coefficient (Wildman–Crippen LogP) is 3.11. The number of halogens is 3. The van der Waals surface area contributed by atoms with E-state index in [1.54, 1.807) is 4.90 Å². The molecule has 0 radical (unpaired) electrons. The van der Waals surface area contributed by atoms with Gasteiger partial charge >= 0.3 is 6.18 Å². The molecule has 2 aliphatic rings. The number of likely N-dealkylation sites (tertiary alicyclic amines) is 1. The molecule has 2 aliphatic heterocycles. The molecule has 3 heterocycles. The fraction of sp³-hybridized carbons (Fsp3) is 0.706. The summed E-state index contributed by atoms with van der Waals surface area (Å²) in [6.45, 7) is 2.67. The molecule has 0 atom stereocenters. The van der Waals surface area contributed by atoms with Gasteiger partial charge in [0.2, 0.25) is 11.9 Å². The molecule has 1 amide bonds.